The van der Waals surface area contributed by atoms with E-state index in [9.17, 15) is 4.79 Å². The molecule has 2 atom stereocenters. The largest absolute Gasteiger partial charge is 0.381 e. The van der Waals surface area contributed by atoms with E-state index in [1.54, 1.807) is 11.8 Å². The minimum atomic E-state index is 0.0966. The summed E-state index contributed by atoms with van der Waals surface area (Å²) in [6.07, 6.45) is 1.22. The SMILES string of the molecule is CC(=O)N(C)Cc1cccc(NC2CSC(C)C2)c1. The fourth-order valence-corrected chi connectivity index (χ4v) is 3.45. The van der Waals surface area contributed by atoms with E-state index in [0.717, 1.165) is 10.9 Å². The maximum Gasteiger partial charge on any atom is 0.219 e. The van der Waals surface area contributed by atoms with Gasteiger partial charge in [0, 0.05) is 43.2 Å². The fraction of sp³-hybridized carbons (Fsp3) is 0.533. The van der Waals surface area contributed by atoms with E-state index in [2.05, 4.69) is 36.5 Å². The van der Waals surface area contributed by atoms with Crippen molar-refractivity contribution in [3.05, 3.63) is 29.8 Å². The molecule has 0 radical (unpaired) electrons. The van der Waals surface area contributed by atoms with Gasteiger partial charge in [0.15, 0.2) is 0 Å². The summed E-state index contributed by atoms with van der Waals surface area (Å²) >= 11 is 2.03. The molecule has 1 aromatic rings. The molecule has 4 heteroatoms. The van der Waals surface area contributed by atoms with Gasteiger partial charge in [-0.05, 0) is 24.1 Å². The van der Waals surface area contributed by atoms with Crippen LogP contribution >= 0.6 is 11.8 Å². The van der Waals surface area contributed by atoms with Crippen LogP contribution in [0.15, 0.2) is 24.3 Å². The molecule has 1 aliphatic heterocycles. The highest BCUT2D eigenvalue weighted by Crippen LogP contribution is 2.28. The predicted octanol–water partition coefficient (Wildman–Crippen LogP) is 2.97. The number of rotatable bonds is 4. The van der Waals surface area contributed by atoms with Gasteiger partial charge in [-0.3, -0.25) is 4.79 Å². The second-order valence-corrected chi connectivity index (χ2v) is 6.77. The number of anilines is 1. The van der Waals surface area contributed by atoms with Crippen LogP contribution < -0.4 is 5.32 Å². The number of nitrogens with zero attached hydrogens (tertiary/aromatic N) is 1. The number of hydrogen-bond acceptors (Lipinski definition) is 3. The Labute approximate surface area is 119 Å². The lowest BCUT2D eigenvalue weighted by Crippen LogP contribution is -2.23. The number of nitrogens with one attached hydrogen (secondary N) is 1. The molecule has 0 spiro atoms. The van der Waals surface area contributed by atoms with Crippen molar-refractivity contribution in [3.8, 4) is 0 Å². The Hall–Kier alpha value is -1.16. The maximum absolute atomic E-state index is 11.3. The van der Waals surface area contributed by atoms with E-state index < -0.39 is 0 Å². The van der Waals surface area contributed by atoms with Crippen LogP contribution in [0.2, 0.25) is 0 Å². The number of carbonyl (C=O) groups excluding carboxylic acids is 1. The zero-order valence-corrected chi connectivity index (χ0v) is 12.7. The van der Waals surface area contributed by atoms with E-state index >= 15 is 0 Å². The van der Waals surface area contributed by atoms with Crippen molar-refractivity contribution in [1.82, 2.24) is 4.90 Å². The molecule has 104 valence electrons. The molecule has 3 nitrogen and oxygen atoms in total. The molecule has 1 N–H and O–H groups in total. The molecule has 0 saturated carbocycles. The van der Waals surface area contributed by atoms with Crippen LogP contribution in [0.5, 0.6) is 0 Å². The molecule has 1 heterocycles. The summed E-state index contributed by atoms with van der Waals surface area (Å²) in [5.41, 5.74) is 2.33. The van der Waals surface area contributed by atoms with Crippen molar-refractivity contribution in [3.63, 3.8) is 0 Å². The first kappa shape index (κ1) is 14.3. The molecule has 2 rings (SSSR count). The number of amides is 1. The molecule has 1 amide bonds. The topological polar surface area (TPSA) is 32.3 Å². The van der Waals surface area contributed by atoms with E-state index in [4.69, 9.17) is 0 Å². The van der Waals surface area contributed by atoms with E-state index in [1.165, 1.54) is 17.7 Å². The molecule has 1 fully saturated rings. The standard InChI is InChI=1S/C15H22N2OS/c1-11-7-15(10-19-11)16-14-6-4-5-13(8-14)9-17(3)12(2)18/h4-6,8,11,15-16H,7,9-10H2,1-3H3. The van der Waals surface area contributed by atoms with Gasteiger partial charge in [-0.25, -0.2) is 0 Å². The average Bonchev–Trinajstić information content (AvgIpc) is 2.75. The van der Waals surface area contributed by atoms with E-state index in [0.29, 0.717) is 12.6 Å². The first-order valence-corrected chi connectivity index (χ1v) is 7.78. The Morgan fingerprint density at radius 1 is 1.53 bits per heavy atom. The summed E-state index contributed by atoms with van der Waals surface area (Å²) in [7, 11) is 1.83. The zero-order valence-electron chi connectivity index (χ0n) is 11.8. The Kier molecular flexibility index (Phi) is 4.75. The number of thioether (sulfide) groups is 1. The summed E-state index contributed by atoms with van der Waals surface area (Å²) in [4.78, 5) is 13.0. The van der Waals surface area contributed by atoms with Crippen molar-refractivity contribution in [2.75, 3.05) is 18.1 Å². The van der Waals surface area contributed by atoms with E-state index in [1.807, 2.05) is 18.8 Å². The summed E-state index contributed by atoms with van der Waals surface area (Å²) in [6.45, 7) is 4.55. The third-order valence-electron chi connectivity index (χ3n) is 3.45. The fourth-order valence-electron chi connectivity index (χ4n) is 2.30. The van der Waals surface area contributed by atoms with Crippen molar-refractivity contribution < 1.29 is 4.79 Å². The highest BCUT2D eigenvalue weighted by Gasteiger charge is 2.21. The molecular weight excluding hydrogens is 256 g/mol. The minimum Gasteiger partial charge on any atom is -0.381 e. The van der Waals surface area contributed by atoms with Gasteiger partial charge in [0.25, 0.3) is 0 Å². The van der Waals surface area contributed by atoms with Crippen molar-refractivity contribution >= 4 is 23.4 Å². The van der Waals surface area contributed by atoms with Crippen molar-refractivity contribution in [2.45, 2.75) is 38.1 Å². The van der Waals surface area contributed by atoms with Crippen LogP contribution in [-0.4, -0.2) is 34.9 Å². The molecule has 0 aromatic heterocycles. The summed E-state index contributed by atoms with van der Waals surface area (Å²) in [5, 5.41) is 4.34. The number of hydrogen-bond donors (Lipinski definition) is 1. The Balaban J connectivity index is 1.97. The maximum atomic E-state index is 11.3. The first-order chi connectivity index (χ1) is 9.04. The Morgan fingerprint density at radius 2 is 2.32 bits per heavy atom. The molecule has 1 aliphatic rings. The number of benzene rings is 1. The van der Waals surface area contributed by atoms with Crippen LogP contribution in [0.3, 0.4) is 0 Å². The van der Waals surface area contributed by atoms with Gasteiger partial charge in [0.05, 0.1) is 0 Å². The van der Waals surface area contributed by atoms with Crippen LogP contribution in [0, 0.1) is 0 Å². The van der Waals surface area contributed by atoms with Gasteiger partial charge in [0.1, 0.15) is 0 Å². The molecule has 2 unspecified atom stereocenters. The molecule has 1 aromatic carbocycles. The Morgan fingerprint density at radius 3 is 2.95 bits per heavy atom. The van der Waals surface area contributed by atoms with Crippen LogP contribution in [0.4, 0.5) is 5.69 Å². The molecular formula is C15H22N2OS. The van der Waals surface area contributed by atoms with Crippen molar-refractivity contribution in [1.29, 1.82) is 0 Å². The summed E-state index contributed by atoms with van der Waals surface area (Å²) < 4.78 is 0. The van der Waals surface area contributed by atoms with Gasteiger partial charge in [0.2, 0.25) is 5.91 Å². The van der Waals surface area contributed by atoms with Gasteiger partial charge in [-0.1, -0.05) is 19.1 Å². The monoisotopic (exact) mass is 278 g/mol. The lowest BCUT2D eigenvalue weighted by atomic mass is 10.1. The molecule has 0 bridgehead atoms. The number of carbonyl (C=O) groups is 1. The smallest absolute Gasteiger partial charge is 0.219 e. The highest BCUT2D eigenvalue weighted by atomic mass is 32.2. The second-order valence-electron chi connectivity index (χ2n) is 5.30. The van der Waals surface area contributed by atoms with Gasteiger partial charge in [-0.2, -0.15) is 11.8 Å². The van der Waals surface area contributed by atoms with Crippen LogP contribution in [0.25, 0.3) is 0 Å². The lowest BCUT2D eigenvalue weighted by molar-refractivity contribution is -0.128. The van der Waals surface area contributed by atoms with Gasteiger partial charge >= 0.3 is 0 Å². The zero-order chi connectivity index (χ0) is 13.8. The molecule has 1 saturated heterocycles. The minimum absolute atomic E-state index is 0.0966. The molecule has 0 aliphatic carbocycles. The summed E-state index contributed by atoms with van der Waals surface area (Å²) in [6, 6.07) is 8.94. The second kappa shape index (κ2) is 6.33. The Bertz CT molecular complexity index is 450. The van der Waals surface area contributed by atoms with Gasteiger partial charge < -0.3 is 10.2 Å². The van der Waals surface area contributed by atoms with Crippen LogP contribution in [-0.2, 0) is 11.3 Å². The average molecular weight is 278 g/mol. The summed E-state index contributed by atoms with van der Waals surface area (Å²) in [5.74, 6) is 1.28. The third-order valence-corrected chi connectivity index (χ3v) is 4.81. The first-order valence-electron chi connectivity index (χ1n) is 6.73. The quantitative estimate of drug-likeness (QED) is 0.919. The highest BCUT2D eigenvalue weighted by molar-refractivity contribution is 8.00. The molecule has 19 heavy (non-hydrogen) atoms. The van der Waals surface area contributed by atoms with E-state index in [-0.39, 0.29) is 5.91 Å². The lowest BCUT2D eigenvalue weighted by Gasteiger charge is -2.17. The normalized spacial score (nSPS) is 22.3. The van der Waals surface area contributed by atoms with Crippen LogP contribution in [0.1, 0.15) is 25.8 Å². The third kappa shape index (κ3) is 4.16. The predicted molar refractivity (Wildman–Crippen MR) is 82.5 cm³/mol. The van der Waals surface area contributed by atoms with Gasteiger partial charge in [-0.15, -0.1) is 0 Å². The van der Waals surface area contributed by atoms with Crippen molar-refractivity contribution in [2.24, 2.45) is 0 Å².